The molecule has 4 aromatic carbocycles. The lowest BCUT2D eigenvalue weighted by Crippen LogP contribution is -2.34. The molecule has 0 aliphatic rings. The number of hydrogen-bond acceptors (Lipinski definition) is 14. The average molecular weight is 1250 g/mol. The van der Waals surface area contributed by atoms with E-state index in [1.807, 2.05) is 85.9 Å². The van der Waals surface area contributed by atoms with Crippen LogP contribution in [0.15, 0.2) is 164 Å². The number of alkyl halides is 6. The second-order valence-electron chi connectivity index (χ2n) is 20.6. The summed E-state index contributed by atoms with van der Waals surface area (Å²) in [5.41, 5.74) is 10.2. The molecule has 0 saturated heterocycles. The Hall–Kier alpha value is -8.53. The highest BCUT2D eigenvalue weighted by Gasteiger charge is 2.32. The Morgan fingerprint density at radius 2 is 0.854 bits per heavy atom. The van der Waals surface area contributed by atoms with E-state index in [2.05, 4.69) is 45.9 Å². The van der Waals surface area contributed by atoms with Gasteiger partial charge in [0.1, 0.15) is 34.6 Å². The highest BCUT2D eigenvalue weighted by Crippen LogP contribution is 2.33. The summed E-state index contributed by atoms with van der Waals surface area (Å²) in [6, 6.07) is 38.2. The molecule has 4 heterocycles. The summed E-state index contributed by atoms with van der Waals surface area (Å²) < 4.78 is 83.7. The van der Waals surface area contributed by atoms with Crippen LogP contribution in [0.2, 0.25) is 5.02 Å². The van der Waals surface area contributed by atoms with Crippen molar-refractivity contribution in [1.82, 2.24) is 41.2 Å². The zero-order valence-electron chi connectivity index (χ0n) is 51.1. The first-order chi connectivity index (χ1) is 42.2. The first-order valence-corrected chi connectivity index (χ1v) is 28.6. The van der Waals surface area contributed by atoms with Crippen molar-refractivity contribution >= 4 is 34.7 Å². The Balaban J connectivity index is 0.000000216. The smallest absolute Gasteiger partial charge is 0.497 e. The number of carbonyl (C=O) groups excluding carboxylic acids is 4. The Kier molecular flexibility index (Phi) is 27.4. The highest BCUT2D eigenvalue weighted by atomic mass is 35.5. The molecular formula is C68H73ClF6N8O6. The van der Waals surface area contributed by atoms with Gasteiger partial charge in [0.15, 0.2) is 0 Å². The van der Waals surface area contributed by atoms with E-state index in [0.717, 1.165) is 68.2 Å². The number of likely N-dealkylation sites (N-methyl/N-ethyl adjacent to an activating group) is 4. The molecule has 0 bridgehead atoms. The number of nitrogens with zero attached hydrogens (tertiary/aromatic N) is 4. The number of ketones is 4. The van der Waals surface area contributed by atoms with Gasteiger partial charge in [-0.05, 0) is 201 Å². The minimum absolute atomic E-state index is 0.0226. The molecule has 89 heavy (non-hydrogen) atoms. The molecule has 0 unspecified atom stereocenters. The third kappa shape index (κ3) is 22.9. The van der Waals surface area contributed by atoms with Gasteiger partial charge in [0.25, 0.3) is 0 Å². The van der Waals surface area contributed by atoms with Crippen LogP contribution >= 0.6 is 11.6 Å². The Morgan fingerprint density at radius 1 is 0.461 bits per heavy atom. The van der Waals surface area contributed by atoms with Gasteiger partial charge >= 0.3 is 12.5 Å². The number of ether oxygens (including phenoxy) is 2. The highest BCUT2D eigenvalue weighted by molar-refractivity contribution is 6.33. The van der Waals surface area contributed by atoms with E-state index >= 15 is 0 Å². The number of hydrogen-bond donors (Lipinski definition) is 4. The van der Waals surface area contributed by atoms with Crippen molar-refractivity contribution in [3.8, 4) is 56.5 Å². The van der Waals surface area contributed by atoms with Crippen LogP contribution in [0.5, 0.6) is 11.5 Å². The maximum Gasteiger partial charge on any atom is 0.573 e. The van der Waals surface area contributed by atoms with Crippen molar-refractivity contribution in [2.45, 2.75) is 97.0 Å². The van der Waals surface area contributed by atoms with E-state index in [1.165, 1.54) is 44.2 Å². The second-order valence-corrected chi connectivity index (χ2v) is 21.0. The molecule has 0 saturated carbocycles. The van der Waals surface area contributed by atoms with Gasteiger partial charge in [0.05, 0.1) is 59.6 Å². The normalized spacial score (nSPS) is 12.5. The number of rotatable bonds is 22. The standard InChI is InChI=1S/C18H22N2O2.C17H17F3N2O2.C17H17F3N2O.C16H17ClN2O/c1-12-9-15(22-4)6-7-16(12)17-8-5-14(11-20-17)10-18(19-3)13(2)21;1-11(23)16(21-2)9-12-3-8-15(22-10-12)13-4-6-14(7-5-13)24-17(18,19)20;1-11(23)16(21-2)8-12-6-7-15(22-10-12)13-4-3-5-14(9-13)17(18,19)20;1-11(20)16(18-2)9-12-7-8-15(19-10-12)13-5-3-4-6-14(13)17/h5-9,11,18-19H,10H2,1-4H3;3-8,10,16,21H,9H2,1-2H3;3-7,9-10,16,21H,8H2,1-2H3;3-8,10,16,18H,9H2,1-2H3/t18-;3*16-/m0000/s1. The molecule has 0 fully saturated rings. The van der Waals surface area contributed by atoms with Crippen LogP contribution in [0, 0.1) is 6.92 Å². The SMILES string of the molecule is CN[C@@H](Cc1ccc(-c2ccc(OC(F)(F)F)cc2)nc1)C(C)=O.CN[C@@H](Cc1ccc(-c2ccc(OC)cc2C)nc1)C(C)=O.CN[C@@H](Cc1ccc(-c2cccc(C(F)(F)F)c2)nc1)C(C)=O.CN[C@@H](Cc1ccc(-c2ccccc2Cl)nc1)C(C)=O. The second kappa shape index (κ2) is 34.3. The summed E-state index contributed by atoms with van der Waals surface area (Å²) in [7, 11) is 8.68. The van der Waals surface area contributed by atoms with Crippen molar-refractivity contribution in [2.75, 3.05) is 35.3 Å². The molecule has 4 N–H and O–H groups in total. The maximum atomic E-state index is 12.7. The number of halogens is 7. The van der Waals surface area contributed by atoms with Crippen molar-refractivity contribution in [2.24, 2.45) is 0 Å². The third-order valence-corrected chi connectivity index (χ3v) is 14.5. The summed E-state index contributed by atoms with van der Waals surface area (Å²) in [6.45, 7) is 8.26. The molecule has 21 heteroatoms. The van der Waals surface area contributed by atoms with Gasteiger partial charge in [0.2, 0.25) is 0 Å². The number of Topliss-reactive ketones (excluding diaryl/α,β-unsaturated/α-hetero) is 4. The molecule has 8 aromatic rings. The third-order valence-electron chi connectivity index (χ3n) is 14.1. The Morgan fingerprint density at radius 3 is 1.20 bits per heavy atom. The molecule has 4 aromatic heterocycles. The lowest BCUT2D eigenvalue weighted by atomic mass is 10.0. The monoisotopic (exact) mass is 1250 g/mol. The Bertz CT molecular complexity index is 3560. The van der Waals surface area contributed by atoms with Crippen LogP contribution in [-0.2, 0) is 51.0 Å². The van der Waals surface area contributed by atoms with Crippen LogP contribution < -0.4 is 30.7 Å². The zero-order valence-corrected chi connectivity index (χ0v) is 51.9. The molecule has 0 aliphatic heterocycles. The van der Waals surface area contributed by atoms with Crippen molar-refractivity contribution in [3.63, 3.8) is 0 Å². The minimum atomic E-state index is -4.71. The molecular weight excluding hydrogens is 1170 g/mol. The largest absolute Gasteiger partial charge is 0.573 e. The van der Waals surface area contributed by atoms with E-state index in [9.17, 15) is 45.5 Å². The molecule has 470 valence electrons. The van der Waals surface area contributed by atoms with Crippen molar-refractivity contribution in [3.05, 3.63) is 203 Å². The van der Waals surface area contributed by atoms with Crippen LogP contribution in [0.3, 0.4) is 0 Å². The number of pyridine rings is 4. The van der Waals surface area contributed by atoms with Gasteiger partial charge in [0, 0.05) is 52.1 Å². The quantitative estimate of drug-likeness (QED) is 0.0470. The molecule has 14 nitrogen and oxygen atoms in total. The lowest BCUT2D eigenvalue weighted by Gasteiger charge is -2.13. The fourth-order valence-corrected chi connectivity index (χ4v) is 9.21. The number of carbonyl (C=O) groups is 4. The van der Waals surface area contributed by atoms with Gasteiger partial charge in [-0.1, -0.05) is 66.2 Å². The van der Waals surface area contributed by atoms with Crippen molar-refractivity contribution in [1.29, 1.82) is 0 Å². The van der Waals surface area contributed by atoms with Gasteiger partial charge < -0.3 is 30.7 Å². The lowest BCUT2D eigenvalue weighted by molar-refractivity contribution is -0.274. The first kappa shape index (κ1) is 71.2. The molecule has 0 aliphatic carbocycles. The topological polar surface area (TPSA) is 186 Å². The van der Waals surface area contributed by atoms with E-state index in [-0.39, 0.29) is 53.0 Å². The van der Waals surface area contributed by atoms with E-state index in [0.29, 0.717) is 53.2 Å². The number of benzene rings is 4. The average Bonchev–Trinajstić information content (AvgIpc) is 3.27. The maximum absolute atomic E-state index is 12.7. The van der Waals surface area contributed by atoms with Crippen LogP contribution in [-0.4, -0.2) is 109 Å². The van der Waals surface area contributed by atoms with Crippen molar-refractivity contribution < 1.29 is 55.0 Å². The summed E-state index contributed by atoms with van der Waals surface area (Å²) in [5.74, 6) is 0.897. The number of aryl methyl sites for hydroxylation is 1. The fraction of sp³-hybridized carbons (Fsp3) is 0.294. The number of methoxy groups -OCH3 is 1. The zero-order chi connectivity index (χ0) is 65.4. The summed E-state index contributed by atoms with van der Waals surface area (Å²) >= 11 is 6.15. The summed E-state index contributed by atoms with van der Waals surface area (Å²) in [4.78, 5) is 63.2. The predicted octanol–water partition coefficient (Wildman–Crippen LogP) is 12.8. The molecule has 0 amide bonds. The van der Waals surface area contributed by atoms with Gasteiger partial charge in [-0.2, -0.15) is 13.2 Å². The number of aromatic nitrogens is 4. The Labute approximate surface area is 520 Å². The van der Waals surface area contributed by atoms with E-state index in [1.54, 1.807) is 92.0 Å². The number of nitrogens with one attached hydrogen (secondary N) is 4. The fourth-order valence-electron chi connectivity index (χ4n) is 8.98. The van der Waals surface area contributed by atoms with Crippen LogP contribution in [0.25, 0.3) is 45.0 Å². The van der Waals surface area contributed by atoms with Crippen LogP contribution in [0.4, 0.5) is 26.3 Å². The molecule has 4 atom stereocenters. The minimum Gasteiger partial charge on any atom is -0.497 e. The van der Waals surface area contributed by atoms with Gasteiger partial charge in [-0.25, -0.2) is 0 Å². The molecule has 0 radical (unpaired) electrons. The predicted molar refractivity (Wildman–Crippen MR) is 336 cm³/mol. The summed E-state index contributed by atoms with van der Waals surface area (Å²) in [5, 5.41) is 12.6. The van der Waals surface area contributed by atoms with E-state index in [4.69, 9.17) is 16.3 Å². The van der Waals surface area contributed by atoms with E-state index < -0.39 is 18.1 Å². The van der Waals surface area contributed by atoms with Gasteiger partial charge in [-0.15, -0.1) is 13.2 Å². The molecule has 0 spiro atoms. The van der Waals surface area contributed by atoms with Crippen LogP contribution in [0.1, 0.15) is 61.1 Å². The summed E-state index contributed by atoms with van der Waals surface area (Å²) in [6.07, 6.45) is 0.102. The van der Waals surface area contributed by atoms with Gasteiger partial charge in [-0.3, -0.25) is 39.1 Å². The first-order valence-electron chi connectivity index (χ1n) is 28.2. The molecule has 8 rings (SSSR count).